The fraction of sp³-hybridized carbons (Fsp3) is 0.889. The zero-order chi connectivity index (χ0) is 9.90. The van der Waals surface area contributed by atoms with Crippen LogP contribution in [0.5, 0.6) is 0 Å². The standard InChI is InChI=1S/C9H18O3Si/c1-8(9(10)11)7-13(2)6-4-3-5-12-13/h8H,3-7H2,1-2H3,(H,10,11). The summed E-state index contributed by atoms with van der Waals surface area (Å²) < 4.78 is 5.76. The van der Waals surface area contributed by atoms with Gasteiger partial charge in [-0.3, -0.25) is 4.79 Å². The largest absolute Gasteiger partial charge is 0.481 e. The predicted molar refractivity (Wildman–Crippen MR) is 53.2 cm³/mol. The summed E-state index contributed by atoms with van der Waals surface area (Å²) in [6, 6.07) is 1.90. The number of hydrogen-bond donors (Lipinski definition) is 1. The molecule has 1 heterocycles. The first-order valence-corrected chi connectivity index (χ1v) is 7.72. The quantitative estimate of drug-likeness (QED) is 0.713. The zero-order valence-corrected chi connectivity index (χ0v) is 9.38. The topological polar surface area (TPSA) is 46.5 Å². The molecule has 2 atom stereocenters. The van der Waals surface area contributed by atoms with Crippen LogP contribution in [0.2, 0.25) is 18.6 Å². The first-order valence-electron chi connectivity index (χ1n) is 4.90. The Morgan fingerprint density at radius 3 is 2.77 bits per heavy atom. The molecule has 76 valence electrons. The maximum absolute atomic E-state index is 10.7. The Balaban J connectivity index is 2.45. The molecule has 0 radical (unpaired) electrons. The average molecular weight is 202 g/mol. The summed E-state index contributed by atoms with van der Waals surface area (Å²) in [5.74, 6) is -0.933. The second-order valence-electron chi connectivity index (χ2n) is 4.20. The van der Waals surface area contributed by atoms with Crippen LogP contribution in [-0.4, -0.2) is 26.0 Å². The van der Waals surface area contributed by atoms with Gasteiger partial charge in [-0.15, -0.1) is 0 Å². The van der Waals surface area contributed by atoms with Gasteiger partial charge in [-0.2, -0.15) is 0 Å². The van der Waals surface area contributed by atoms with Crippen molar-refractivity contribution in [3.8, 4) is 0 Å². The van der Waals surface area contributed by atoms with E-state index in [1.165, 1.54) is 6.42 Å². The van der Waals surface area contributed by atoms with Crippen LogP contribution in [-0.2, 0) is 9.22 Å². The summed E-state index contributed by atoms with van der Waals surface area (Å²) in [6.45, 7) is 4.78. The fourth-order valence-electron chi connectivity index (χ4n) is 1.89. The molecule has 0 saturated carbocycles. The van der Waals surface area contributed by atoms with Gasteiger partial charge in [-0.05, 0) is 25.1 Å². The first-order chi connectivity index (χ1) is 6.03. The molecule has 0 spiro atoms. The van der Waals surface area contributed by atoms with Crippen molar-refractivity contribution < 1.29 is 14.3 Å². The Morgan fingerprint density at radius 2 is 2.31 bits per heavy atom. The van der Waals surface area contributed by atoms with Gasteiger partial charge in [0.25, 0.3) is 0 Å². The van der Waals surface area contributed by atoms with Crippen molar-refractivity contribution in [1.29, 1.82) is 0 Å². The van der Waals surface area contributed by atoms with Crippen molar-refractivity contribution in [2.75, 3.05) is 6.61 Å². The van der Waals surface area contributed by atoms with E-state index >= 15 is 0 Å². The summed E-state index contributed by atoms with van der Waals surface area (Å²) >= 11 is 0. The van der Waals surface area contributed by atoms with Gasteiger partial charge in [0, 0.05) is 6.61 Å². The highest BCUT2D eigenvalue weighted by molar-refractivity contribution is 6.72. The first kappa shape index (κ1) is 10.7. The molecule has 1 fully saturated rings. The van der Waals surface area contributed by atoms with Gasteiger partial charge >= 0.3 is 5.97 Å². The Labute approximate surface area is 80.2 Å². The molecule has 0 aromatic heterocycles. The molecule has 0 aliphatic carbocycles. The number of carbonyl (C=O) groups is 1. The van der Waals surface area contributed by atoms with Gasteiger partial charge < -0.3 is 9.53 Å². The average Bonchev–Trinajstić information content (AvgIpc) is 2.04. The van der Waals surface area contributed by atoms with Crippen molar-refractivity contribution in [2.45, 2.75) is 38.4 Å². The van der Waals surface area contributed by atoms with E-state index in [1.54, 1.807) is 6.92 Å². The molecule has 1 aliphatic heterocycles. The highest BCUT2D eigenvalue weighted by Gasteiger charge is 2.34. The SMILES string of the molecule is CC(C[Si]1(C)CCCCO1)C(=O)O. The van der Waals surface area contributed by atoms with E-state index < -0.39 is 14.3 Å². The third kappa shape index (κ3) is 3.12. The zero-order valence-electron chi connectivity index (χ0n) is 8.38. The minimum atomic E-state index is -1.64. The molecular weight excluding hydrogens is 184 g/mol. The molecule has 4 heteroatoms. The van der Waals surface area contributed by atoms with Gasteiger partial charge in [0.15, 0.2) is 8.32 Å². The summed E-state index contributed by atoms with van der Waals surface area (Å²) in [7, 11) is -1.64. The van der Waals surface area contributed by atoms with Crippen molar-refractivity contribution in [2.24, 2.45) is 5.92 Å². The summed E-state index contributed by atoms with van der Waals surface area (Å²) in [5.41, 5.74) is 0. The molecule has 0 aromatic carbocycles. The maximum Gasteiger partial charge on any atom is 0.306 e. The van der Waals surface area contributed by atoms with E-state index in [1.807, 2.05) is 0 Å². The molecule has 1 aliphatic rings. The minimum Gasteiger partial charge on any atom is -0.481 e. The molecule has 0 amide bonds. The van der Waals surface area contributed by atoms with Crippen LogP contribution >= 0.6 is 0 Å². The molecule has 1 saturated heterocycles. The van der Waals surface area contributed by atoms with Crippen LogP contribution in [0.1, 0.15) is 19.8 Å². The van der Waals surface area contributed by atoms with Crippen LogP contribution in [0.25, 0.3) is 0 Å². The van der Waals surface area contributed by atoms with Crippen LogP contribution < -0.4 is 0 Å². The molecule has 1 rings (SSSR count). The summed E-state index contributed by atoms with van der Waals surface area (Å²) in [5, 5.41) is 8.79. The van der Waals surface area contributed by atoms with Crippen molar-refractivity contribution in [1.82, 2.24) is 0 Å². The number of carboxylic acid groups (broad SMARTS) is 1. The molecular formula is C9H18O3Si. The van der Waals surface area contributed by atoms with Gasteiger partial charge in [-0.25, -0.2) is 0 Å². The fourth-order valence-corrected chi connectivity index (χ4v) is 5.46. The van der Waals surface area contributed by atoms with Crippen molar-refractivity contribution in [3.63, 3.8) is 0 Å². The maximum atomic E-state index is 10.7. The number of rotatable bonds is 3. The van der Waals surface area contributed by atoms with Gasteiger partial charge in [0.05, 0.1) is 5.92 Å². The van der Waals surface area contributed by atoms with E-state index in [-0.39, 0.29) is 5.92 Å². The van der Waals surface area contributed by atoms with E-state index in [4.69, 9.17) is 9.53 Å². The Morgan fingerprint density at radius 1 is 1.62 bits per heavy atom. The predicted octanol–water partition coefficient (Wildman–Crippen LogP) is 2.09. The molecule has 3 nitrogen and oxygen atoms in total. The van der Waals surface area contributed by atoms with Gasteiger partial charge in [0.2, 0.25) is 0 Å². The Bertz CT molecular complexity index is 187. The van der Waals surface area contributed by atoms with Crippen molar-refractivity contribution >= 4 is 14.3 Å². The highest BCUT2D eigenvalue weighted by Crippen LogP contribution is 2.28. The van der Waals surface area contributed by atoms with Gasteiger partial charge in [-0.1, -0.05) is 13.3 Å². The summed E-state index contributed by atoms with van der Waals surface area (Å²) in [6.07, 6.45) is 2.36. The van der Waals surface area contributed by atoms with Crippen LogP contribution in [0.3, 0.4) is 0 Å². The lowest BCUT2D eigenvalue weighted by Crippen LogP contribution is -2.40. The van der Waals surface area contributed by atoms with E-state index in [0.29, 0.717) is 0 Å². The van der Waals surface area contributed by atoms with Crippen LogP contribution in [0, 0.1) is 5.92 Å². The molecule has 1 N–H and O–H groups in total. The second kappa shape index (κ2) is 4.24. The van der Waals surface area contributed by atoms with Crippen LogP contribution in [0.4, 0.5) is 0 Å². The normalized spacial score (nSPS) is 31.2. The lowest BCUT2D eigenvalue weighted by Gasteiger charge is -2.32. The minimum absolute atomic E-state index is 0.241. The molecule has 2 unspecified atom stereocenters. The number of aliphatic carboxylic acids is 1. The van der Waals surface area contributed by atoms with Crippen LogP contribution in [0.15, 0.2) is 0 Å². The summed E-state index contributed by atoms with van der Waals surface area (Å²) in [4.78, 5) is 10.7. The molecule has 0 bridgehead atoms. The molecule has 13 heavy (non-hydrogen) atoms. The second-order valence-corrected chi connectivity index (χ2v) is 8.30. The lowest BCUT2D eigenvalue weighted by atomic mass is 10.2. The van der Waals surface area contributed by atoms with E-state index in [9.17, 15) is 4.79 Å². The monoisotopic (exact) mass is 202 g/mol. The van der Waals surface area contributed by atoms with E-state index in [2.05, 4.69) is 6.55 Å². The number of hydrogen-bond acceptors (Lipinski definition) is 2. The Kier molecular flexibility index (Phi) is 3.50. The smallest absolute Gasteiger partial charge is 0.306 e. The van der Waals surface area contributed by atoms with E-state index in [0.717, 1.165) is 25.1 Å². The molecule has 0 aromatic rings. The third-order valence-electron chi connectivity index (χ3n) is 2.71. The third-order valence-corrected chi connectivity index (χ3v) is 6.50. The van der Waals surface area contributed by atoms with Crippen molar-refractivity contribution in [3.05, 3.63) is 0 Å². The highest BCUT2D eigenvalue weighted by atomic mass is 28.4. The Hall–Kier alpha value is -0.353. The number of carboxylic acids is 1. The lowest BCUT2D eigenvalue weighted by molar-refractivity contribution is -0.140. The van der Waals surface area contributed by atoms with Gasteiger partial charge in [0.1, 0.15) is 0 Å².